The lowest BCUT2D eigenvalue weighted by atomic mass is 9.90. The van der Waals surface area contributed by atoms with Crippen molar-refractivity contribution in [2.45, 2.75) is 50.1 Å². The average molecular weight is 739 g/mol. The number of hydrogen-bond acceptors (Lipinski definition) is 13. The number of aliphatic carboxylic acids is 1. The molecule has 0 saturated carbocycles. The molecular formula is C32H29ClN7O8S2+. The maximum Gasteiger partial charge on any atom is 0.549 e. The van der Waals surface area contributed by atoms with Crippen LogP contribution in [0.4, 0.5) is 5.13 Å². The fourth-order valence-electron chi connectivity index (χ4n) is 6.14. The van der Waals surface area contributed by atoms with Crippen LogP contribution in [0.2, 0.25) is 5.02 Å². The number of aryl methyl sites for hydroxylation is 1. The molecule has 4 heterocycles. The van der Waals surface area contributed by atoms with E-state index in [1.807, 2.05) is 16.8 Å². The molecule has 15 nitrogen and oxygen atoms in total. The summed E-state index contributed by atoms with van der Waals surface area (Å²) < 4.78 is 2.04. The van der Waals surface area contributed by atoms with Gasteiger partial charge in [0.25, 0.3) is 11.8 Å². The van der Waals surface area contributed by atoms with E-state index in [1.165, 1.54) is 22.7 Å². The van der Waals surface area contributed by atoms with Crippen LogP contribution in [0.25, 0.3) is 4.85 Å². The Morgan fingerprint density at radius 1 is 1.32 bits per heavy atom. The first-order valence-electron chi connectivity index (χ1n) is 15.1. The number of nitrogens with one attached hydrogen (secondary N) is 1. The number of oxime groups is 1. The second-order valence-electron chi connectivity index (χ2n) is 12.1. The number of phenols is 2. The number of hydrogen-bond donors (Lipinski definition) is 4. The number of rotatable bonds is 9. The smallest absolute Gasteiger partial charge is 0.543 e. The summed E-state index contributed by atoms with van der Waals surface area (Å²) in [5, 5.41) is 38.5. The standard InChI is InChI=1S/C32H28ClN7O8S2/c1-32(2)8-7-15-4-3-10-39(25(15)32)12-16-13-49-29-22(28(45)40(29)23(16)30(46)47)37-27(44)21(18-14-50-31(34)36-18)38-48-11-9-35-26(43)17-5-6-19(41)24(42)20(17)33/h3-6,10,14,22,29H,7-8,11-13H2,1-2H3,(H4-2,34,36,37,38,41,42,43,44,46,47)/p+1/t22-,29-/m1/s1. The number of nitrogen functional groups attached to an aromatic ring is 1. The topological polar surface area (TPSA) is 216 Å². The minimum atomic E-state index is -1.48. The number of thioether (sulfide) groups is 1. The number of benzene rings is 1. The number of aromatic hydroxyl groups is 2. The number of nitrogens with two attached hydrogens (primary N) is 1. The van der Waals surface area contributed by atoms with Crippen LogP contribution in [0.5, 0.6) is 11.5 Å². The van der Waals surface area contributed by atoms with Crippen LogP contribution in [-0.4, -0.2) is 73.3 Å². The molecule has 0 spiro atoms. The molecule has 0 unspecified atom stereocenters. The lowest BCUT2D eigenvalue weighted by molar-refractivity contribution is -0.699. The molecule has 2 atom stereocenters. The third-order valence-corrected chi connectivity index (χ3v) is 10.9. The summed E-state index contributed by atoms with van der Waals surface area (Å²) in [5.74, 6) is -4.77. The van der Waals surface area contributed by atoms with Crippen molar-refractivity contribution in [2.24, 2.45) is 5.16 Å². The van der Waals surface area contributed by atoms with E-state index in [0.29, 0.717) is 5.57 Å². The number of nitrogens with zero attached hydrogens (tertiary/aromatic N) is 5. The second kappa shape index (κ2) is 13.6. The number of halogens is 1. The molecule has 0 radical (unpaired) electrons. The van der Waals surface area contributed by atoms with Crippen LogP contribution in [0.1, 0.15) is 47.6 Å². The molecule has 3 amide bonds. The van der Waals surface area contributed by atoms with E-state index in [9.17, 15) is 34.5 Å². The zero-order valence-electron chi connectivity index (χ0n) is 26.5. The highest BCUT2D eigenvalue weighted by atomic mass is 35.5. The molecule has 1 fully saturated rings. The van der Waals surface area contributed by atoms with E-state index in [0.717, 1.165) is 46.9 Å². The highest BCUT2D eigenvalue weighted by Crippen LogP contribution is 2.41. The van der Waals surface area contributed by atoms with Gasteiger partial charge in [-0.1, -0.05) is 16.8 Å². The maximum atomic E-state index is 13.4. The van der Waals surface area contributed by atoms with Crippen LogP contribution in [0.3, 0.4) is 0 Å². The van der Waals surface area contributed by atoms with Gasteiger partial charge in [-0.3, -0.25) is 14.5 Å². The van der Waals surface area contributed by atoms with Crippen molar-refractivity contribution >= 4 is 69.2 Å². The summed E-state index contributed by atoms with van der Waals surface area (Å²) in [4.78, 5) is 65.5. The minimum Gasteiger partial charge on any atom is -0.543 e. The summed E-state index contributed by atoms with van der Waals surface area (Å²) in [6.45, 7) is 4.06. The van der Waals surface area contributed by atoms with Gasteiger partial charge in [0.2, 0.25) is 6.61 Å². The Morgan fingerprint density at radius 3 is 2.82 bits per heavy atom. The first-order valence-corrected chi connectivity index (χ1v) is 17.4. The van der Waals surface area contributed by atoms with Crippen molar-refractivity contribution in [1.29, 1.82) is 0 Å². The SMILES string of the molecule is CC1(C)CCc2ccc[n+](CC3=C(C(=O)[O-])N4C(=O)[C@@H](NC(=O)/C(=N\OCC#[N+]C(=O)c5ccc(O)c(O)c5Cl)c5csc(N)n5)[C@H]4SC3)c21. The first kappa shape index (κ1) is 34.7. The second-order valence-corrected chi connectivity index (χ2v) is 14.5. The summed E-state index contributed by atoms with van der Waals surface area (Å²) in [5.41, 5.74) is 7.81. The molecule has 50 heavy (non-hydrogen) atoms. The number of thiazole rings is 1. The van der Waals surface area contributed by atoms with Gasteiger partial charge < -0.3 is 36.0 Å². The number of carboxylic acids is 1. The number of anilines is 1. The molecule has 2 aromatic heterocycles. The fourth-order valence-corrected chi connectivity index (χ4v) is 8.27. The quantitative estimate of drug-likeness (QED) is 0.0613. The Labute approximate surface area is 297 Å². The average Bonchev–Trinajstić information content (AvgIpc) is 3.65. The number of carboxylic acid groups (broad SMARTS) is 1. The van der Waals surface area contributed by atoms with E-state index in [4.69, 9.17) is 22.2 Å². The van der Waals surface area contributed by atoms with E-state index >= 15 is 0 Å². The maximum absolute atomic E-state index is 13.4. The van der Waals surface area contributed by atoms with Crippen molar-refractivity contribution in [2.75, 3.05) is 18.1 Å². The summed E-state index contributed by atoms with van der Waals surface area (Å²) in [6, 6.07) is 7.44. The molecule has 3 aliphatic rings. The predicted octanol–water partition coefficient (Wildman–Crippen LogP) is 1.30. The molecule has 3 aromatic rings. The highest BCUT2D eigenvalue weighted by Gasteiger charge is 2.53. The summed E-state index contributed by atoms with van der Waals surface area (Å²) in [6.07, 6.45) is 3.81. The van der Waals surface area contributed by atoms with Gasteiger partial charge in [-0.15, -0.1) is 23.1 Å². The van der Waals surface area contributed by atoms with Gasteiger partial charge in [0, 0.05) is 38.6 Å². The van der Waals surface area contributed by atoms with Crippen LogP contribution in [0.15, 0.2) is 52.3 Å². The van der Waals surface area contributed by atoms with E-state index in [1.54, 1.807) is 0 Å². The number of amides is 3. The predicted molar refractivity (Wildman–Crippen MR) is 180 cm³/mol. The van der Waals surface area contributed by atoms with Gasteiger partial charge in [-0.25, -0.2) is 4.98 Å². The van der Waals surface area contributed by atoms with Crippen molar-refractivity contribution in [1.82, 2.24) is 15.2 Å². The van der Waals surface area contributed by atoms with Crippen molar-refractivity contribution in [3.05, 3.63) is 79.5 Å². The lowest BCUT2D eigenvalue weighted by Gasteiger charge is -2.50. The Morgan fingerprint density at radius 2 is 2.10 bits per heavy atom. The van der Waals surface area contributed by atoms with Gasteiger partial charge >= 0.3 is 12.0 Å². The normalized spacial score (nSPS) is 19.1. The van der Waals surface area contributed by atoms with E-state index in [2.05, 4.69) is 46.3 Å². The van der Waals surface area contributed by atoms with Crippen LogP contribution in [0, 0.1) is 6.07 Å². The number of carbonyl (C=O) groups is 4. The highest BCUT2D eigenvalue weighted by molar-refractivity contribution is 8.00. The van der Waals surface area contributed by atoms with E-state index < -0.39 is 58.2 Å². The van der Waals surface area contributed by atoms with Gasteiger partial charge in [-0.05, 0) is 44.9 Å². The van der Waals surface area contributed by atoms with Crippen LogP contribution in [-0.2, 0) is 37.6 Å². The molecule has 6 rings (SSSR count). The number of aromatic nitrogens is 2. The van der Waals surface area contributed by atoms with Crippen LogP contribution < -0.4 is 20.7 Å². The minimum absolute atomic E-state index is 0.0391. The van der Waals surface area contributed by atoms with Crippen molar-refractivity contribution in [3.63, 3.8) is 0 Å². The third kappa shape index (κ3) is 6.44. The number of fused-ring (bicyclic) bond motifs is 2. The molecule has 258 valence electrons. The van der Waals surface area contributed by atoms with Crippen molar-refractivity contribution in [3.8, 4) is 17.6 Å². The zero-order chi connectivity index (χ0) is 35.9. The van der Waals surface area contributed by atoms with Gasteiger partial charge in [0.05, 0.1) is 11.7 Å². The Kier molecular flexibility index (Phi) is 9.44. The zero-order valence-corrected chi connectivity index (χ0v) is 28.9. The fraction of sp³-hybridized carbons (Fsp3) is 0.312. The number of phenolic OH excluding ortho intramolecular Hbond substituents is 2. The van der Waals surface area contributed by atoms with Crippen molar-refractivity contribution < 1.29 is 43.9 Å². The van der Waals surface area contributed by atoms with Gasteiger partial charge in [0.1, 0.15) is 27.7 Å². The molecule has 1 aliphatic carbocycles. The van der Waals surface area contributed by atoms with E-state index in [-0.39, 0.29) is 45.5 Å². The number of pyridine rings is 1. The van der Waals surface area contributed by atoms with Crippen LogP contribution >= 0.6 is 34.7 Å². The number of carbonyl (C=O) groups excluding carboxylic acids is 4. The molecule has 0 bridgehead atoms. The van der Waals surface area contributed by atoms with Gasteiger partial charge in [0.15, 0.2) is 40.8 Å². The summed E-state index contributed by atoms with van der Waals surface area (Å²) >= 11 is 8.23. The lowest BCUT2D eigenvalue weighted by Crippen LogP contribution is -2.71. The monoisotopic (exact) mass is 738 g/mol. The molecule has 1 aromatic carbocycles. The molecular weight excluding hydrogens is 710 g/mol. The Bertz CT molecular complexity index is 2090. The molecule has 18 heteroatoms. The number of β-lactam (4-membered cyclic amide) rings is 1. The third-order valence-electron chi connectivity index (χ3n) is 8.47. The molecule has 5 N–H and O–H groups in total. The van der Waals surface area contributed by atoms with Gasteiger partial charge in [-0.2, -0.15) is 9.36 Å². The molecule has 1 saturated heterocycles. The largest absolute Gasteiger partial charge is 0.549 e. The molecule has 2 aliphatic heterocycles. The summed E-state index contributed by atoms with van der Waals surface area (Å²) in [7, 11) is 0. The first-order chi connectivity index (χ1) is 23.8. The Balaban J connectivity index is 1.16. The Hall–Kier alpha value is -5.18.